The van der Waals surface area contributed by atoms with Crippen molar-refractivity contribution < 1.29 is 33.5 Å². The van der Waals surface area contributed by atoms with Crippen molar-refractivity contribution in [1.82, 2.24) is 25.8 Å². The van der Waals surface area contributed by atoms with E-state index in [-0.39, 0.29) is 31.4 Å². The van der Waals surface area contributed by atoms with Crippen LogP contribution in [0.2, 0.25) is 0 Å². The van der Waals surface area contributed by atoms with Gasteiger partial charge in [0.05, 0.1) is 0 Å². The zero-order valence-corrected chi connectivity index (χ0v) is 24.9. The van der Waals surface area contributed by atoms with Gasteiger partial charge in [-0.1, -0.05) is 42.1 Å². The molecule has 228 valence electrons. The predicted molar refractivity (Wildman–Crippen MR) is 160 cm³/mol. The van der Waals surface area contributed by atoms with Gasteiger partial charge in [-0.25, -0.2) is 9.59 Å². The summed E-state index contributed by atoms with van der Waals surface area (Å²) in [6, 6.07) is 17.8. The van der Waals surface area contributed by atoms with Crippen LogP contribution in [0.1, 0.15) is 71.9 Å². The van der Waals surface area contributed by atoms with Gasteiger partial charge in [-0.2, -0.15) is 0 Å². The average molecular weight is 600 g/mol. The van der Waals surface area contributed by atoms with E-state index in [0.29, 0.717) is 28.6 Å². The van der Waals surface area contributed by atoms with Crippen LogP contribution in [0.3, 0.4) is 0 Å². The summed E-state index contributed by atoms with van der Waals surface area (Å²) in [6.07, 6.45) is -1.21. The number of carbonyl (C=O) groups excluding carboxylic acids is 4. The number of ketones is 1. The molecular weight excluding hydrogens is 566 g/mol. The molecule has 0 bridgehead atoms. The number of para-hydroxylation sites is 1. The van der Waals surface area contributed by atoms with Crippen LogP contribution in [-0.2, 0) is 9.47 Å². The number of carbonyl (C=O) groups is 4. The van der Waals surface area contributed by atoms with Crippen LogP contribution >= 0.6 is 0 Å². The van der Waals surface area contributed by atoms with Crippen LogP contribution in [0.25, 0.3) is 22.2 Å². The highest BCUT2D eigenvalue weighted by atomic mass is 16.8. The lowest BCUT2D eigenvalue weighted by Gasteiger charge is -2.19. The van der Waals surface area contributed by atoms with E-state index in [2.05, 4.69) is 20.9 Å². The smallest absolute Gasteiger partial charge is 0.444 e. The Kier molecular flexibility index (Phi) is 8.61. The SMILES string of the molecule is CCC(=O)c1ccc2c(c1)C(COC(=O)On1nnc3ccccc31)c1cc(C(=O)NCCNC(=O)OC(C)(C)C)ccc1-2. The summed E-state index contributed by atoms with van der Waals surface area (Å²) >= 11 is 0. The van der Waals surface area contributed by atoms with Gasteiger partial charge >= 0.3 is 12.2 Å². The third kappa shape index (κ3) is 6.69. The van der Waals surface area contributed by atoms with Crippen molar-refractivity contribution in [2.24, 2.45) is 0 Å². The minimum absolute atomic E-state index is 0.0130. The lowest BCUT2D eigenvalue weighted by Crippen LogP contribution is -2.37. The number of alkyl carbamates (subject to hydrolysis) is 1. The van der Waals surface area contributed by atoms with Crippen molar-refractivity contribution >= 4 is 35.0 Å². The van der Waals surface area contributed by atoms with Gasteiger partial charge in [0.1, 0.15) is 23.2 Å². The third-order valence-electron chi connectivity index (χ3n) is 6.98. The Morgan fingerprint density at radius 1 is 0.886 bits per heavy atom. The molecule has 0 fully saturated rings. The van der Waals surface area contributed by atoms with Crippen molar-refractivity contribution in [3.05, 3.63) is 82.9 Å². The van der Waals surface area contributed by atoms with Crippen molar-refractivity contribution in [2.45, 2.75) is 45.6 Å². The Bertz CT molecular complexity index is 1740. The largest absolute Gasteiger partial charge is 0.535 e. The van der Waals surface area contributed by atoms with Crippen LogP contribution in [-0.4, -0.2) is 64.4 Å². The lowest BCUT2D eigenvalue weighted by atomic mass is 9.94. The summed E-state index contributed by atoms with van der Waals surface area (Å²) in [6.45, 7) is 7.36. The molecule has 4 aromatic rings. The van der Waals surface area contributed by atoms with Crippen LogP contribution < -0.4 is 15.5 Å². The Morgan fingerprint density at radius 3 is 2.25 bits per heavy atom. The van der Waals surface area contributed by atoms with Gasteiger partial charge < -0.3 is 20.1 Å². The maximum Gasteiger partial charge on any atom is 0.535 e. The second-order valence-electron chi connectivity index (χ2n) is 11.2. The quantitative estimate of drug-likeness (QED) is 0.121. The Balaban J connectivity index is 1.31. The number of nitrogens with one attached hydrogen (secondary N) is 2. The van der Waals surface area contributed by atoms with Crippen molar-refractivity contribution in [2.75, 3.05) is 19.7 Å². The molecule has 2 N–H and O–H groups in total. The highest BCUT2D eigenvalue weighted by Gasteiger charge is 2.32. The predicted octanol–water partition coefficient (Wildman–Crippen LogP) is 4.66. The van der Waals surface area contributed by atoms with Crippen molar-refractivity contribution in [3.8, 4) is 11.1 Å². The van der Waals surface area contributed by atoms with E-state index in [9.17, 15) is 19.2 Å². The van der Waals surface area contributed by atoms with E-state index in [4.69, 9.17) is 14.3 Å². The normalized spacial score (nSPS) is 13.5. The van der Waals surface area contributed by atoms with E-state index >= 15 is 0 Å². The van der Waals surface area contributed by atoms with Gasteiger partial charge in [0.25, 0.3) is 5.91 Å². The number of rotatable bonds is 9. The lowest BCUT2D eigenvalue weighted by molar-refractivity contribution is 0.0378. The highest BCUT2D eigenvalue weighted by Crippen LogP contribution is 2.45. The molecule has 44 heavy (non-hydrogen) atoms. The molecule has 0 spiro atoms. The molecule has 1 heterocycles. The summed E-state index contributed by atoms with van der Waals surface area (Å²) in [4.78, 5) is 56.4. The number of ether oxygens (including phenoxy) is 2. The zero-order chi connectivity index (χ0) is 31.4. The first-order chi connectivity index (χ1) is 21.0. The molecule has 1 unspecified atom stereocenters. The second-order valence-corrected chi connectivity index (χ2v) is 11.2. The van der Waals surface area contributed by atoms with Gasteiger partial charge in [0.2, 0.25) is 0 Å². The molecule has 1 aliphatic rings. The number of fused-ring (bicyclic) bond motifs is 4. The summed E-state index contributed by atoms with van der Waals surface area (Å²) in [5.41, 5.74) is 4.68. The van der Waals surface area contributed by atoms with Crippen molar-refractivity contribution in [1.29, 1.82) is 0 Å². The molecule has 0 aliphatic heterocycles. The molecule has 0 saturated heterocycles. The van der Waals surface area contributed by atoms with Crippen molar-refractivity contribution in [3.63, 3.8) is 0 Å². The molecule has 5 rings (SSSR count). The number of Topliss-reactive ketones (excluding diaryl/α,β-unsaturated/α-hetero) is 1. The summed E-state index contributed by atoms with van der Waals surface area (Å²) in [5, 5.41) is 13.2. The molecule has 3 aromatic carbocycles. The van der Waals surface area contributed by atoms with Crippen LogP contribution in [0, 0.1) is 0 Å². The first kappa shape index (κ1) is 30.2. The van der Waals surface area contributed by atoms with Gasteiger partial charge in [-0.05, 0) is 78.6 Å². The van der Waals surface area contributed by atoms with E-state index in [0.717, 1.165) is 27.1 Å². The minimum atomic E-state index is -0.983. The minimum Gasteiger partial charge on any atom is -0.444 e. The van der Waals surface area contributed by atoms with Crippen LogP contribution in [0.5, 0.6) is 0 Å². The maximum atomic E-state index is 13.0. The molecule has 1 aliphatic carbocycles. The van der Waals surface area contributed by atoms with E-state index in [1.807, 2.05) is 18.2 Å². The number of hydrogen-bond donors (Lipinski definition) is 2. The highest BCUT2D eigenvalue weighted by molar-refractivity contribution is 5.98. The Labute approximate surface area is 253 Å². The molecule has 12 heteroatoms. The number of amides is 2. The number of benzene rings is 3. The number of aromatic nitrogens is 3. The van der Waals surface area contributed by atoms with Crippen LogP contribution in [0.4, 0.5) is 9.59 Å². The first-order valence-corrected chi connectivity index (χ1v) is 14.3. The van der Waals surface area contributed by atoms with Gasteiger partial charge in [0.15, 0.2) is 5.78 Å². The van der Waals surface area contributed by atoms with E-state index < -0.39 is 23.8 Å². The summed E-state index contributed by atoms with van der Waals surface area (Å²) in [5.74, 6) is -0.819. The van der Waals surface area contributed by atoms with Crippen LogP contribution in [0.15, 0.2) is 60.7 Å². The molecular formula is C32H33N5O7. The fourth-order valence-corrected chi connectivity index (χ4v) is 4.98. The second kappa shape index (κ2) is 12.5. The van der Waals surface area contributed by atoms with E-state index in [1.165, 1.54) is 0 Å². The first-order valence-electron chi connectivity index (χ1n) is 14.3. The number of hydrogen-bond acceptors (Lipinski definition) is 9. The zero-order valence-electron chi connectivity index (χ0n) is 24.9. The summed E-state index contributed by atoms with van der Waals surface area (Å²) in [7, 11) is 0. The molecule has 1 atom stereocenters. The molecule has 0 saturated carbocycles. The fraction of sp³-hybridized carbons (Fsp3) is 0.312. The topological polar surface area (TPSA) is 151 Å². The molecule has 1 aromatic heterocycles. The van der Waals surface area contributed by atoms with Gasteiger partial charge in [-0.3, -0.25) is 14.4 Å². The molecule has 2 amide bonds. The molecule has 12 nitrogen and oxygen atoms in total. The monoisotopic (exact) mass is 599 g/mol. The number of nitrogens with zero attached hydrogens (tertiary/aromatic N) is 3. The standard InChI is InChI=1S/C32H33N5O7/c1-5-28(38)19-10-12-21-22-13-11-20(29(39)33-14-15-34-30(40)43-32(2,3)4)17-24(22)25(23(21)16-19)18-42-31(41)44-37-27-9-7-6-8-26(27)35-36-37/h6-13,16-17,25H,5,14-15,18H2,1-4H3,(H,33,39)(H,34,40). The molecule has 0 radical (unpaired) electrons. The Hall–Kier alpha value is -5.26. The average Bonchev–Trinajstić information content (AvgIpc) is 3.54. The Morgan fingerprint density at radius 2 is 1.55 bits per heavy atom. The third-order valence-corrected chi connectivity index (χ3v) is 6.98. The van der Waals surface area contributed by atoms with Gasteiger partial charge in [-0.15, -0.1) is 5.10 Å². The van der Waals surface area contributed by atoms with E-state index in [1.54, 1.807) is 70.2 Å². The summed E-state index contributed by atoms with van der Waals surface area (Å²) < 4.78 is 10.7. The fourth-order valence-electron chi connectivity index (χ4n) is 4.98. The maximum absolute atomic E-state index is 13.0. The van der Waals surface area contributed by atoms with Gasteiger partial charge in [0, 0.05) is 36.6 Å².